The monoisotopic (exact) mass is 340 g/mol. The van der Waals surface area contributed by atoms with Gasteiger partial charge in [-0.3, -0.25) is 0 Å². The molecule has 4 heteroatoms. The van der Waals surface area contributed by atoms with Gasteiger partial charge in [-0.05, 0) is 52.4 Å². The fourth-order valence-electron chi connectivity index (χ4n) is 0.961. The number of hydrogen-bond acceptors (Lipinski definition) is 2. The third kappa shape index (κ3) is 3.69. The molecule has 1 aromatic carbocycles. The van der Waals surface area contributed by atoms with E-state index in [0.717, 1.165) is 9.13 Å². The van der Waals surface area contributed by atoms with Gasteiger partial charge >= 0.3 is 0 Å². The Morgan fingerprint density at radius 3 is 2.19 bits per heavy atom. The number of nitriles is 2. The molecule has 2 nitrogen and oxygen atoms in total. The molecular formula is C12H6ClIN2. The van der Waals surface area contributed by atoms with Crippen molar-refractivity contribution in [1.29, 1.82) is 10.5 Å². The largest absolute Gasteiger partial charge is 0.192 e. The highest BCUT2D eigenvalue weighted by molar-refractivity contribution is 14.1. The Bertz CT molecular complexity index is 499. The van der Waals surface area contributed by atoms with Gasteiger partial charge in [0, 0.05) is 8.60 Å². The van der Waals surface area contributed by atoms with Crippen molar-refractivity contribution in [2.45, 2.75) is 0 Å². The highest BCUT2D eigenvalue weighted by Crippen LogP contribution is 2.20. The van der Waals surface area contributed by atoms with Crippen molar-refractivity contribution in [2.75, 3.05) is 0 Å². The summed E-state index contributed by atoms with van der Waals surface area (Å²) in [4.78, 5) is 0. The summed E-state index contributed by atoms with van der Waals surface area (Å²) in [5.41, 5.74) is 0.886. The van der Waals surface area contributed by atoms with E-state index in [1.54, 1.807) is 18.2 Å². The minimum absolute atomic E-state index is 0.0312. The zero-order chi connectivity index (χ0) is 12.0. The van der Waals surface area contributed by atoms with Crippen LogP contribution in [0.4, 0.5) is 0 Å². The Kier molecular flexibility index (Phi) is 5.04. The minimum Gasteiger partial charge on any atom is -0.192 e. The fraction of sp³-hybridized carbons (Fsp3) is 0. The molecule has 0 amide bonds. The van der Waals surface area contributed by atoms with Gasteiger partial charge in [0.25, 0.3) is 0 Å². The maximum atomic E-state index is 8.53. The molecule has 0 atom stereocenters. The summed E-state index contributed by atoms with van der Waals surface area (Å²) in [7, 11) is 0. The number of rotatable bonds is 2. The summed E-state index contributed by atoms with van der Waals surface area (Å²) in [5.74, 6) is 0. The lowest BCUT2D eigenvalue weighted by Crippen LogP contribution is -1.77. The summed E-state index contributed by atoms with van der Waals surface area (Å²) >= 11 is 8.22. The second kappa shape index (κ2) is 6.32. The molecule has 0 saturated carbocycles. The number of allylic oxidation sites excluding steroid dienone is 3. The lowest BCUT2D eigenvalue weighted by atomic mass is 10.2. The first-order chi connectivity index (χ1) is 7.67. The first-order valence-corrected chi connectivity index (χ1v) is 5.76. The molecule has 0 radical (unpaired) electrons. The van der Waals surface area contributed by atoms with E-state index in [0.29, 0.717) is 5.03 Å². The SMILES string of the molecule is N#CC(C#N)=C/C=C(/Cl)c1ccc(I)cc1. The maximum absolute atomic E-state index is 8.53. The Morgan fingerprint density at radius 2 is 1.69 bits per heavy atom. The van der Waals surface area contributed by atoms with Crippen molar-refractivity contribution in [1.82, 2.24) is 0 Å². The minimum atomic E-state index is 0.0312. The van der Waals surface area contributed by atoms with Crippen LogP contribution in [0.25, 0.3) is 5.03 Å². The molecule has 0 aliphatic carbocycles. The maximum Gasteiger partial charge on any atom is 0.129 e. The third-order valence-electron chi connectivity index (χ3n) is 1.76. The smallest absolute Gasteiger partial charge is 0.129 e. The molecule has 16 heavy (non-hydrogen) atoms. The van der Waals surface area contributed by atoms with Crippen LogP contribution in [-0.4, -0.2) is 0 Å². The van der Waals surface area contributed by atoms with Crippen molar-refractivity contribution in [3.8, 4) is 12.1 Å². The molecule has 1 rings (SSSR count). The number of hydrogen-bond donors (Lipinski definition) is 0. The Balaban J connectivity index is 2.96. The Hall–Kier alpha value is -1.30. The molecule has 0 N–H and O–H groups in total. The van der Waals surface area contributed by atoms with E-state index < -0.39 is 0 Å². The van der Waals surface area contributed by atoms with Gasteiger partial charge < -0.3 is 0 Å². The molecule has 0 aliphatic rings. The van der Waals surface area contributed by atoms with E-state index in [4.69, 9.17) is 22.1 Å². The zero-order valence-corrected chi connectivity index (χ0v) is 11.0. The van der Waals surface area contributed by atoms with E-state index in [1.165, 1.54) is 6.08 Å². The molecule has 0 aromatic heterocycles. The van der Waals surface area contributed by atoms with Crippen LogP contribution in [0.3, 0.4) is 0 Å². The van der Waals surface area contributed by atoms with Gasteiger partial charge in [-0.15, -0.1) is 0 Å². The van der Waals surface area contributed by atoms with Gasteiger partial charge in [-0.2, -0.15) is 10.5 Å². The van der Waals surface area contributed by atoms with Crippen LogP contribution in [0.15, 0.2) is 42.0 Å². The van der Waals surface area contributed by atoms with Crippen LogP contribution in [0.5, 0.6) is 0 Å². The quantitative estimate of drug-likeness (QED) is 0.466. The summed E-state index contributed by atoms with van der Waals surface area (Å²) in [6.07, 6.45) is 2.95. The highest BCUT2D eigenvalue weighted by atomic mass is 127. The third-order valence-corrected chi connectivity index (χ3v) is 2.82. The molecule has 78 valence electrons. The predicted molar refractivity (Wildman–Crippen MR) is 72.3 cm³/mol. The molecular weight excluding hydrogens is 335 g/mol. The van der Waals surface area contributed by atoms with Gasteiger partial charge in [-0.1, -0.05) is 23.7 Å². The molecule has 0 heterocycles. The Morgan fingerprint density at radius 1 is 1.12 bits per heavy atom. The summed E-state index contributed by atoms with van der Waals surface area (Å²) in [5, 5.41) is 17.6. The van der Waals surface area contributed by atoms with Crippen molar-refractivity contribution < 1.29 is 0 Å². The van der Waals surface area contributed by atoms with E-state index >= 15 is 0 Å². The Labute approximate surface area is 113 Å². The summed E-state index contributed by atoms with van der Waals surface area (Å²) < 4.78 is 1.12. The summed E-state index contributed by atoms with van der Waals surface area (Å²) in [6.45, 7) is 0. The normalized spacial score (nSPS) is 10.1. The highest BCUT2D eigenvalue weighted by Gasteiger charge is 1.97. The number of benzene rings is 1. The average Bonchev–Trinajstić information content (AvgIpc) is 2.31. The van der Waals surface area contributed by atoms with Crippen LogP contribution in [0.2, 0.25) is 0 Å². The second-order valence-corrected chi connectivity index (χ2v) is 4.48. The standard InChI is InChI=1S/C12H6ClIN2/c13-12(6-1-9(7-15)8-16)10-2-4-11(14)5-3-10/h1-6H/b12-6+. The molecule has 0 bridgehead atoms. The molecule has 1 aromatic rings. The van der Waals surface area contributed by atoms with Crippen LogP contribution in [-0.2, 0) is 0 Å². The fourth-order valence-corrected chi connectivity index (χ4v) is 1.51. The van der Waals surface area contributed by atoms with Gasteiger partial charge in [0.1, 0.15) is 17.7 Å². The van der Waals surface area contributed by atoms with Gasteiger partial charge in [0.15, 0.2) is 0 Å². The first kappa shape index (κ1) is 12.8. The number of halogens is 2. The molecule has 0 fully saturated rings. The van der Waals surface area contributed by atoms with E-state index in [1.807, 2.05) is 24.3 Å². The van der Waals surface area contributed by atoms with Crippen LogP contribution in [0.1, 0.15) is 5.56 Å². The molecule has 0 spiro atoms. The zero-order valence-electron chi connectivity index (χ0n) is 8.11. The molecule has 0 aliphatic heterocycles. The first-order valence-electron chi connectivity index (χ1n) is 4.31. The van der Waals surface area contributed by atoms with Gasteiger partial charge in [0.05, 0.1) is 0 Å². The molecule has 0 saturated heterocycles. The van der Waals surface area contributed by atoms with E-state index in [2.05, 4.69) is 22.6 Å². The number of nitrogens with zero attached hydrogens (tertiary/aromatic N) is 2. The predicted octanol–water partition coefficient (Wildman–Crippen LogP) is 3.84. The lowest BCUT2D eigenvalue weighted by molar-refractivity contribution is 1.46. The summed E-state index contributed by atoms with van der Waals surface area (Å²) in [6, 6.07) is 11.2. The topological polar surface area (TPSA) is 47.6 Å². The van der Waals surface area contributed by atoms with Crippen LogP contribution >= 0.6 is 34.2 Å². The van der Waals surface area contributed by atoms with Crippen molar-refractivity contribution in [3.05, 3.63) is 51.1 Å². The van der Waals surface area contributed by atoms with Crippen molar-refractivity contribution in [2.24, 2.45) is 0 Å². The van der Waals surface area contributed by atoms with E-state index in [-0.39, 0.29) is 5.57 Å². The van der Waals surface area contributed by atoms with Crippen LogP contribution < -0.4 is 0 Å². The van der Waals surface area contributed by atoms with Gasteiger partial charge in [0.2, 0.25) is 0 Å². The van der Waals surface area contributed by atoms with Crippen LogP contribution in [0, 0.1) is 26.2 Å². The second-order valence-electron chi connectivity index (χ2n) is 2.83. The van der Waals surface area contributed by atoms with E-state index in [9.17, 15) is 0 Å². The average molecular weight is 341 g/mol. The lowest BCUT2D eigenvalue weighted by Gasteiger charge is -1.97. The van der Waals surface area contributed by atoms with Crippen molar-refractivity contribution >= 4 is 39.2 Å². The van der Waals surface area contributed by atoms with Gasteiger partial charge in [-0.25, -0.2) is 0 Å². The molecule has 0 unspecified atom stereocenters. The van der Waals surface area contributed by atoms with Crippen molar-refractivity contribution in [3.63, 3.8) is 0 Å².